The summed E-state index contributed by atoms with van der Waals surface area (Å²) in [6.07, 6.45) is 5.14. The van der Waals surface area contributed by atoms with Crippen LogP contribution in [0.3, 0.4) is 0 Å². The number of aliphatic hydroxyl groups excluding tert-OH is 1. The van der Waals surface area contributed by atoms with Crippen LogP contribution in [0.1, 0.15) is 47.2 Å². The van der Waals surface area contributed by atoms with E-state index in [4.69, 9.17) is 5.11 Å². The van der Waals surface area contributed by atoms with Gasteiger partial charge in [-0.2, -0.15) is 8.78 Å². The summed E-state index contributed by atoms with van der Waals surface area (Å²) >= 11 is 0. The second-order valence-electron chi connectivity index (χ2n) is 8.41. The summed E-state index contributed by atoms with van der Waals surface area (Å²) in [5.74, 6) is -5.68. The van der Waals surface area contributed by atoms with E-state index < -0.39 is 36.4 Å². The number of likely N-dealkylation sites (tertiary alicyclic amines) is 1. The average Bonchev–Trinajstić information content (AvgIpc) is 3.02. The van der Waals surface area contributed by atoms with Crippen LogP contribution >= 0.6 is 0 Å². The topological polar surface area (TPSA) is 77.8 Å². The Kier molecular flexibility index (Phi) is 8.33. The van der Waals surface area contributed by atoms with E-state index in [1.54, 1.807) is 12.1 Å². The predicted octanol–water partition coefficient (Wildman–Crippen LogP) is 4.49. The van der Waals surface area contributed by atoms with Crippen molar-refractivity contribution in [3.05, 3.63) is 83.4 Å². The van der Waals surface area contributed by atoms with Crippen LogP contribution in [-0.2, 0) is 17.6 Å². The minimum atomic E-state index is -3.43. The lowest BCUT2D eigenvalue weighted by molar-refractivity contribution is -0.148. The molecular formula is C26H29F2NO4. The van der Waals surface area contributed by atoms with Crippen LogP contribution in [0.15, 0.2) is 66.7 Å². The van der Waals surface area contributed by atoms with Gasteiger partial charge in [0.2, 0.25) is 0 Å². The van der Waals surface area contributed by atoms with E-state index in [1.165, 1.54) is 29.8 Å². The zero-order valence-corrected chi connectivity index (χ0v) is 18.4. The molecule has 2 aromatic carbocycles. The van der Waals surface area contributed by atoms with E-state index in [9.17, 15) is 23.5 Å². The molecule has 0 saturated carbocycles. The SMILES string of the molecule is O=C(O)c1ccc(CCN2C(=O)C(F)(F)CC2/C=C/C(O)CCCCc2ccccc2)cc1. The average molecular weight is 458 g/mol. The number of halogens is 2. The lowest BCUT2D eigenvalue weighted by Crippen LogP contribution is -2.37. The number of alkyl halides is 2. The van der Waals surface area contributed by atoms with Crippen molar-refractivity contribution in [1.82, 2.24) is 4.90 Å². The molecule has 1 aliphatic heterocycles. The van der Waals surface area contributed by atoms with Gasteiger partial charge in [-0.05, 0) is 48.9 Å². The Balaban J connectivity index is 1.51. The first-order valence-electron chi connectivity index (χ1n) is 11.2. The van der Waals surface area contributed by atoms with Gasteiger partial charge in [0.1, 0.15) is 0 Å². The highest BCUT2D eigenvalue weighted by Gasteiger charge is 2.52. The van der Waals surface area contributed by atoms with E-state index >= 15 is 0 Å². The van der Waals surface area contributed by atoms with E-state index in [-0.39, 0.29) is 12.1 Å². The second kappa shape index (κ2) is 11.2. The number of unbranched alkanes of at least 4 members (excludes halogenated alkanes) is 1. The molecule has 7 heteroatoms. The fourth-order valence-corrected chi connectivity index (χ4v) is 4.00. The Morgan fingerprint density at radius 1 is 1.06 bits per heavy atom. The Morgan fingerprint density at radius 3 is 2.39 bits per heavy atom. The molecule has 1 amide bonds. The van der Waals surface area contributed by atoms with Crippen LogP contribution in [0.5, 0.6) is 0 Å². The first-order valence-corrected chi connectivity index (χ1v) is 11.2. The number of aryl methyl sites for hydroxylation is 1. The number of amides is 1. The molecular weight excluding hydrogens is 428 g/mol. The van der Waals surface area contributed by atoms with Gasteiger partial charge in [0, 0.05) is 13.0 Å². The van der Waals surface area contributed by atoms with Crippen molar-refractivity contribution in [2.75, 3.05) is 6.54 Å². The minimum Gasteiger partial charge on any atom is -0.478 e. The highest BCUT2D eigenvalue weighted by molar-refractivity contribution is 5.87. The standard InChI is InChI=1S/C26H29F2NO4/c27-26(28)18-22(14-15-23(30)9-5-4-8-19-6-2-1-3-7-19)29(25(26)33)17-16-20-10-12-21(13-11-20)24(31)32/h1-3,6-7,10-15,22-23,30H,4-5,8-9,16-18H2,(H,31,32)/b15-14+. The van der Waals surface area contributed by atoms with Gasteiger partial charge in [-0.1, -0.05) is 61.0 Å². The van der Waals surface area contributed by atoms with Crippen LogP contribution in [-0.4, -0.2) is 51.6 Å². The number of carbonyl (C=O) groups is 2. The number of carboxylic acid groups (broad SMARTS) is 1. The molecule has 1 saturated heterocycles. The van der Waals surface area contributed by atoms with Crippen molar-refractivity contribution in [3.8, 4) is 0 Å². The van der Waals surface area contributed by atoms with Crippen LogP contribution in [0, 0.1) is 0 Å². The Bertz CT molecular complexity index is 960. The maximum atomic E-state index is 14.1. The zero-order valence-electron chi connectivity index (χ0n) is 18.4. The molecule has 2 atom stereocenters. The molecule has 0 aromatic heterocycles. The molecule has 3 rings (SSSR count). The molecule has 2 N–H and O–H groups in total. The normalized spacial score (nSPS) is 18.7. The molecule has 1 heterocycles. The number of carbonyl (C=O) groups excluding carboxylic acids is 1. The minimum absolute atomic E-state index is 0.0863. The number of aliphatic hydroxyl groups is 1. The number of rotatable bonds is 11. The third-order valence-corrected chi connectivity index (χ3v) is 5.90. The van der Waals surface area contributed by atoms with Gasteiger partial charge in [-0.25, -0.2) is 4.79 Å². The third-order valence-electron chi connectivity index (χ3n) is 5.90. The van der Waals surface area contributed by atoms with Crippen molar-refractivity contribution >= 4 is 11.9 Å². The van der Waals surface area contributed by atoms with Gasteiger partial charge in [0.15, 0.2) is 0 Å². The lowest BCUT2D eigenvalue weighted by Gasteiger charge is -2.22. The monoisotopic (exact) mass is 457 g/mol. The fourth-order valence-electron chi connectivity index (χ4n) is 4.00. The quantitative estimate of drug-likeness (QED) is 0.385. The molecule has 1 fully saturated rings. The van der Waals surface area contributed by atoms with Gasteiger partial charge < -0.3 is 15.1 Å². The van der Waals surface area contributed by atoms with Crippen LogP contribution in [0.2, 0.25) is 0 Å². The Labute approximate surface area is 192 Å². The Hall–Kier alpha value is -3.06. The fraction of sp³-hybridized carbons (Fsp3) is 0.385. The number of aromatic carboxylic acids is 1. The van der Waals surface area contributed by atoms with E-state index in [0.717, 1.165) is 29.7 Å². The van der Waals surface area contributed by atoms with Gasteiger partial charge in [0.05, 0.1) is 17.7 Å². The summed E-state index contributed by atoms with van der Waals surface area (Å²) in [4.78, 5) is 24.3. The molecule has 2 aromatic rings. The van der Waals surface area contributed by atoms with E-state index in [0.29, 0.717) is 12.8 Å². The number of nitrogens with zero attached hydrogens (tertiary/aromatic N) is 1. The number of carboxylic acids is 1. The van der Waals surface area contributed by atoms with Crippen molar-refractivity contribution in [3.63, 3.8) is 0 Å². The van der Waals surface area contributed by atoms with Crippen molar-refractivity contribution < 1.29 is 28.6 Å². The summed E-state index contributed by atoms with van der Waals surface area (Å²) in [5.41, 5.74) is 2.13. The lowest BCUT2D eigenvalue weighted by atomic mass is 10.0. The van der Waals surface area contributed by atoms with Gasteiger partial charge in [-0.15, -0.1) is 0 Å². The number of hydrogen-bond donors (Lipinski definition) is 2. The summed E-state index contributed by atoms with van der Waals surface area (Å²) < 4.78 is 28.2. The van der Waals surface area contributed by atoms with E-state index in [2.05, 4.69) is 12.1 Å². The first-order chi connectivity index (χ1) is 15.8. The number of hydrogen-bond acceptors (Lipinski definition) is 3. The van der Waals surface area contributed by atoms with Crippen molar-refractivity contribution in [1.29, 1.82) is 0 Å². The molecule has 33 heavy (non-hydrogen) atoms. The molecule has 5 nitrogen and oxygen atoms in total. The summed E-state index contributed by atoms with van der Waals surface area (Å²) in [7, 11) is 0. The van der Waals surface area contributed by atoms with Gasteiger partial charge in [0.25, 0.3) is 5.91 Å². The highest BCUT2D eigenvalue weighted by atomic mass is 19.3. The van der Waals surface area contributed by atoms with Crippen LogP contribution in [0.4, 0.5) is 8.78 Å². The highest BCUT2D eigenvalue weighted by Crippen LogP contribution is 2.34. The molecule has 0 spiro atoms. The van der Waals surface area contributed by atoms with Crippen LogP contribution in [0.25, 0.3) is 0 Å². The van der Waals surface area contributed by atoms with Gasteiger partial charge >= 0.3 is 11.9 Å². The first kappa shape index (κ1) is 24.6. The summed E-state index contributed by atoms with van der Waals surface area (Å²) in [6, 6.07) is 15.4. The maximum absolute atomic E-state index is 14.1. The molecule has 0 bridgehead atoms. The maximum Gasteiger partial charge on any atom is 0.335 e. The predicted molar refractivity (Wildman–Crippen MR) is 121 cm³/mol. The third kappa shape index (κ3) is 6.96. The molecule has 176 valence electrons. The molecule has 1 aliphatic rings. The number of benzene rings is 2. The largest absolute Gasteiger partial charge is 0.478 e. The zero-order chi connectivity index (χ0) is 23.8. The van der Waals surface area contributed by atoms with Crippen LogP contribution < -0.4 is 0 Å². The molecule has 0 radical (unpaired) electrons. The van der Waals surface area contributed by atoms with Crippen molar-refractivity contribution in [2.45, 2.75) is 56.6 Å². The molecule has 2 unspecified atom stereocenters. The van der Waals surface area contributed by atoms with E-state index in [1.807, 2.05) is 18.2 Å². The summed E-state index contributed by atoms with van der Waals surface area (Å²) in [6.45, 7) is 0.0863. The summed E-state index contributed by atoms with van der Waals surface area (Å²) in [5, 5.41) is 19.2. The second-order valence-corrected chi connectivity index (χ2v) is 8.41. The smallest absolute Gasteiger partial charge is 0.335 e. The van der Waals surface area contributed by atoms with Gasteiger partial charge in [-0.3, -0.25) is 4.79 Å². The Morgan fingerprint density at radius 2 is 1.73 bits per heavy atom. The van der Waals surface area contributed by atoms with Crippen molar-refractivity contribution in [2.24, 2.45) is 0 Å². The molecule has 0 aliphatic carbocycles.